The van der Waals surface area contributed by atoms with Crippen LogP contribution in [0.1, 0.15) is 27.5 Å². The SMILES string of the molecule is Cc1cccc(C(=O)NCCc2nc3ccccc3n2CC(=O)NCc2ccco2)c1. The first-order valence-electron chi connectivity index (χ1n) is 10.2. The molecule has 0 saturated heterocycles. The molecular formula is C24H24N4O3. The molecule has 0 aliphatic carbocycles. The molecule has 2 aromatic heterocycles. The summed E-state index contributed by atoms with van der Waals surface area (Å²) < 4.78 is 7.15. The first-order valence-corrected chi connectivity index (χ1v) is 10.2. The highest BCUT2D eigenvalue weighted by atomic mass is 16.3. The standard InChI is InChI=1S/C24H24N4O3/c1-17-6-4-7-18(14-17)24(30)25-12-11-22-27-20-9-2-3-10-21(20)28(22)16-23(29)26-15-19-8-5-13-31-19/h2-10,13-14H,11-12,15-16H2,1H3,(H,25,30)(H,26,29). The lowest BCUT2D eigenvalue weighted by molar-refractivity contribution is -0.121. The van der Waals surface area contributed by atoms with Gasteiger partial charge in [-0.05, 0) is 43.3 Å². The van der Waals surface area contributed by atoms with Gasteiger partial charge in [-0.1, -0.05) is 29.8 Å². The number of para-hydroxylation sites is 2. The van der Waals surface area contributed by atoms with Crippen LogP contribution < -0.4 is 10.6 Å². The second-order valence-electron chi connectivity index (χ2n) is 7.33. The molecule has 0 radical (unpaired) electrons. The Morgan fingerprint density at radius 1 is 1.03 bits per heavy atom. The van der Waals surface area contributed by atoms with Gasteiger partial charge in [-0.15, -0.1) is 0 Å². The molecule has 158 valence electrons. The quantitative estimate of drug-likeness (QED) is 0.462. The summed E-state index contributed by atoms with van der Waals surface area (Å²) in [6.45, 7) is 2.85. The summed E-state index contributed by atoms with van der Waals surface area (Å²) in [6.07, 6.45) is 2.09. The van der Waals surface area contributed by atoms with Gasteiger partial charge in [-0.2, -0.15) is 0 Å². The maximum Gasteiger partial charge on any atom is 0.251 e. The predicted octanol–water partition coefficient (Wildman–Crippen LogP) is 3.23. The number of carbonyl (C=O) groups is 2. The number of rotatable bonds is 8. The zero-order chi connectivity index (χ0) is 21.6. The molecule has 4 aromatic rings. The van der Waals surface area contributed by atoms with Gasteiger partial charge in [0.15, 0.2) is 0 Å². The van der Waals surface area contributed by atoms with Gasteiger partial charge in [0.25, 0.3) is 5.91 Å². The molecule has 2 N–H and O–H groups in total. The molecule has 0 bridgehead atoms. The van der Waals surface area contributed by atoms with Crippen LogP contribution in [-0.2, 0) is 24.3 Å². The van der Waals surface area contributed by atoms with E-state index in [9.17, 15) is 9.59 Å². The molecule has 0 unspecified atom stereocenters. The Labute approximate surface area is 180 Å². The van der Waals surface area contributed by atoms with Crippen LogP contribution in [0.3, 0.4) is 0 Å². The average Bonchev–Trinajstić information content (AvgIpc) is 3.41. The van der Waals surface area contributed by atoms with E-state index in [0.717, 1.165) is 22.4 Å². The molecular weight excluding hydrogens is 392 g/mol. The molecule has 4 rings (SSSR count). The Balaban J connectivity index is 1.43. The minimum Gasteiger partial charge on any atom is -0.467 e. The molecule has 2 aromatic carbocycles. The Morgan fingerprint density at radius 2 is 1.90 bits per heavy atom. The first kappa shape index (κ1) is 20.4. The number of aromatic nitrogens is 2. The highest BCUT2D eigenvalue weighted by Crippen LogP contribution is 2.16. The van der Waals surface area contributed by atoms with Gasteiger partial charge in [0.05, 0.1) is 23.8 Å². The summed E-state index contributed by atoms with van der Waals surface area (Å²) in [5.74, 6) is 1.19. The molecule has 0 saturated carbocycles. The third-order valence-electron chi connectivity index (χ3n) is 4.99. The van der Waals surface area contributed by atoms with Crippen molar-refractivity contribution >= 4 is 22.8 Å². The van der Waals surface area contributed by atoms with Crippen molar-refractivity contribution in [1.29, 1.82) is 0 Å². The molecule has 2 heterocycles. The summed E-state index contributed by atoms with van der Waals surface area (Å²) in [4.78, 5) is 29.6. The lowest BCUT2D eigenvalue weighted by Gasteiger charge is -2.10. The first-order chi connectivity index (χ1) is 15.1. The largest absolute Gasteiger partial charge is 0.467 e. The maximum absolute atomic E-state index is 12.5. The summed E-state index contributed by atoms with van der Waals surface area (Å²) in [7, 11) is 0. The Kier molecular flexibility index (Phi) is 6.12. The molecule has 0 spiro atoms. The van der Waals surface area contributed by atoms with Crippen molar-refractivity contribution < 1.29 is 14.0 Å². The minimum atomic E-state index is -0.135. The Hall–Kier alpha value is -3.87. The highest BCUT2D eigenvalue weighted by molar-refractivity contribution is 5.94. The van der Waals surface area contributed by atoms with E-state index in [1.54, 1.807) is 18.4 Å². The van der Waals surface area contributed by atoms with Crippen molar-refractivity contribution in [1.82, 2.24) is 20.2 Å². The number of carbonyl (C=O) groups excluding carboxylic acids is 2. The van der Waals surface area contributed by atoms with Crippen LogP contribution in [0.2, 0.25) is 0 Å². The van der Waals surface area contributed by atoms with Crippen LogP contribution in [-0.4, -0.2) is 27.9 Å². The van der Waals surface area contributed by atoms with Gasteiger partial charge in [0.1, 0.15) is 18.1 Å². The van der Waals surface area contributed by atoms with Crippen LogP contribution in [0.25, 0.3) is 11.0 Å². The van der Waals surface area contributed by atoms with E-state index < -0.39 is 0 Å². The average molecular weight is 416 g/mol. The van der Waals surface area contributed by atoms with Gasteiger partial charge < -0.3 is 19.6 Å². The molecule has 0 aliphatic rings. The molecule has 2 amide bonds. The molecule has 0 aliphatic heterocycles. The number of hydrogen-bond acceptors (Lipinski definition) is 4. The van der Waals surface area contributed by atoms with E-state index in [1.165, 1.54) is 0 Å². The van der Waals surface area contributed by atoms with Gasteiger partial charge >= 0.3 is 0 Å². The van der Waals surface area contributed by atoms with Crippen molar-refractivity contribution in [3.8, 4) is 0 Å². The fourth-order valence-electron chi connectivity index (χ4n) is 3.47. The van der Waals surface area contributed by atoms with Crippen molar-refractivity contribution in [2.75, 3.05) is 6.54 Å². The number of nitrogens with one attached hydrogen (secondary N) is 2. The van der Waals surface area contributed by atoms with Crippen LogP contribution in [0.15, 0.2) is 71.3 Å². The maximum atomic E-state index is 12.5. The number of fused-ring (bicyclic) bond motifs is 1. The number of aryl methyl sites for hydroxylation is 1. The molecule has 31 heavy (non-hydrogen) atoms. The van der Waals surface area contributed by atoms with Gasteiger partial charge in [-0.25, -0.2) is 4.98 Å². The van der Waals surface area contributed by atoms with Gasteiger partial charge in [0.2, 0.25) is 5.91 Å². The summed E-state index contributed by atoms with van der Waals surface area (Å²) in [5.41, 5.74) is 3.37. The van der Waals surface area contributed by atoms with E-state index >= 15 is 0 Å². The van der Waals surface area contributed by atoms with Crippen molar-refractivity contribution in [3.63, 3.8) is 0 Å². The van der Waals surface area contributed by atoms with E-state index in [1.807, 2.05) is 60.0 Å². The van der Waals surface area contributed by atoms with Crippen LogP contribution in [0, 0.1) is 6.92 Å². The van der Waals surface area contributed by atoms with Crippen molar-refractivity contribution in [2.45, 2.75) is 26.4 Å². The number of furan rings is 1. The summed E-state index contributed by atoms with van der Waals surface area (Å²) >= 11 is 0. The molecule has 7 nitrogen and oxygen atoms in total. The monoisotopic (exact) mass is 416 g/mol. The van der Waals surface area contributed by atoms with Gasteiger partial charge in [0, 0.05) is 18.5 Å². The second-order valence-corrected chi connectivity index (χ2v) is 7.33. The van der Waals surface area contributed by atoms with Crippen molar-refractivity contribution in [3.05, 3.63) is 89.6 Å². The zero-order valence-electron chi connectivity index (χ0n) is 17.3. The van der Waals surface area contributed by atoms with Crippen LogP contribution >= 0.6 is 0 Å². The van der Waals surface area contributed by atoms with E-state index in [0.29, 0.717) is 30.8 Å². The smallest absolute Gasteiger partial charge is 0.251 e. The molecule has 0 atom stereocenters. The van der Waals surface area contributed by atoms with Crippen LogP contribution in [0.4, 0.5) is 0 Å². The lowest BCUT2D eigenvalue weighted by Crippen LogP contribution is -2.29. The Bertz CT molecular complexity index is 1190. The minimum absolute atomic E-state index is 0.123. The number of benzene rings is 2. The number of imidazole rings is 1. The van der Waals surface area contributed by atoms with E-state index in [4.69, 9.17) is 4.42 Å². The van der Waals surface area contributed by atoms with Gasteiger partial charge in [-0.3, -0.25) is 9.59 Å². The number of amides is 2. The third kappa shape index (κ3) is 5.01. The van der Waals surface area contributed by atoms with Crippen molar-refractivity contribution in [2.24, 2.45) is 0 Å². The predicted molar refractivity (Wildman–Crippen MR) is 118 cm³/mol. The summed E-state index contributed by atoms with van der Waals surface area (Å²) in [5, 5.41) is 5.80. The molecule has 0 fully saturated rings. The fraction of sp³-hybridized carbons (Fsp3) is 0.208. The molecule has 7 heteroatoms. The number of nitrogens with zero attached hydrogens (tertiary/aromatic N) is 2. The lowest BCUT2D eigenvalue weighted by atomic mass is 10.1. The number of hydrogen-bond donors (Lipinski definition) is 2. The van der Waals surface area contributed by atoms with E-state index in [2.05, 4.69) is 15.6 Å². The van der Waals surface area contributed by atoms with E-state index in [-0.39, 0.29) is 18.4 Å². The highest BCUT2D eigenvalue weighted by Gasteiger charge is 2.14. The zero-order valence-corrected chi connectivity index (χ0v) is 17.3. The Morgan fingerprint density at radius 3 is 2.71 bits per heavy atom. The van der Waals surface area contributed by atoms with Crippen LogP contribution in [0.5, 0.6) is 0 Å². The third-order valence-corrected chi connectivity index (χ3v) is 4.99. The second kappa shape index (κ2) is 9.30. The normalized spacial score (nSPS) is 10.9. The summed E-state index contributed by atoms with van der Waals surface area (Å²) in [6, 6.07) is 18.8. The fourth-order valence-corrected chi connectivity index (χ4v) is 3.47. The topological polar surface area (TPSA) is 89.2 Å².